The second-order valence-corrected chi connectivity index (χ2v) is 18.4. The molecule has 4 fully saturated rings. The normalized spacial score (nSPS) is 23.4. The first-order valence-electron chi connectivity index (χ1n) is 20.2. The number of carbonyl (C=O) groups is 4. The first kappa shape index (κ1) is 41.1. The Morgan fingerprint density at radius 1 is 1.02 bits per heavy atom. The van der Waals surface area contributed by atoms with Gasteiger partial charge >= 0.3 is 6.09 Å². The minimum absolute atomic E-state index is 0.0895. The maximum absolute atomic E-state index is 14.9. The van der Waals surface area contributed by atoms with E-state index in [0.29, 0.717) is 46.3 Å². The van der Waals surface area contributed by atoms with Gasteiger partial charge in [0.25, 0.3) is 5.91 Å². The van der Waals surface area contributed by atoms with Crippen LogP contribution in [-0.2, 0) is 29.1 Å². The SMILES string of the molecule is C=C[C@@H]1C[C@]1(NC(=O)[C@@H]1C[C@@H](Oc2c3cc(F)ccc3nc3c2oc2cc(OC)c(OC)cc23)CN1C(=O)[C@@H](NC(=O)OC1CCCC1)C(C)C)C(=O)NS(=O)(=O)C1CC1. The van der Waals surface area contributed by atoms with E-state index in [4.69, 9.17) is 28.3 Å². The van der Waals surface area contributed by atoms with Crippen molar-refractivity contribution < 1.29 is 55.4 Å². The Kier molecular flexibility index (Phi) is 10.8. The molecule has 3 heterocycles. The van der Waals surface area contributed by atoms with Gasteiger partial charge in [0.2, 0.25) is 21.8 Å². The van der Waals surface area contributed by atoms with E-state index in [0.717, 1.165) is 25.7 Å². The number of benzene rings is 2. The summed E-state index contributed by atoms with van der Waals surface area (Å²) in [4.78, 5) is 61.9. The van der Waals surface area contributed by atoms with Crippen LogP contribution in [0.15, 0.2) is 47.4 Å². The zero-order valence-corrected chi connectivity index (χ0v) is 34.6. The highest BCUT2D eigenvalue weighted by molar-refractivity contribution is 7.91. The van der Waals surface area contributed by atoms with E-state index in [1.54, 1.807) is 26.0 Å². The van der Waals surface area contributed by atoms with Crippen LogP contribution in [0.5, 0.6) is 17.2 Å². The van der Waals surface area contributed by atoms with Crippen molar-refractivity contribution in [2.45, 2.75) is 100 Å². The first-order chi connectivity index (χ1) is 28.7. The Balaban J connectivity index is 1.15. The molecule has 16 nitrogen and oxygen atoms in total. The number of hydrogen-bond donors (Lipinski definition) is 3. The van der Waals surface area contributed by atoms with E-state index in [2.05, 4.69) is 21.9 Å². The van der Waals surface area contributed by atoms with Gasteiger partial charge in [-0.3, -0.25) is 19.1 Å². The molecule has 1 saturated heterocycles. The van der Waals surface area contributed by atoms with Crippen molar-refractivity contribution in [3.8, 4) is 17.2 Å². The monoisotopic (exact) mass is 849 g/mol. The van der Waals surface area contributed by atoms with Crippen molar-refractivity contribution in [3.05, 3.63) is 48.8 Å². The largest absolute Gasteiger partial charge is 0.493 e. The number of likely N-dealkylation sites (tertiary alicyclic amines) is 1. The molecule has 2 aromatic heterocycles. The molecule has 0 spiro atoms. The molecule has 2 aromatic carbocycles. The molecule has 5 atom stereocenters. The van der Waals surface area contributed by atoms with Crippen LogP contribution in [0.1, 0.15) is 65.2 Å². The van der Waals surface area contributed by atoms with E-state index >= 15 is 0 Å². The summed E-state index contributed by atoms with van der Waals surface area (Å²) in [6.07, 6.45) is 3.64. The maximum Gasteiger partial charge on any atom is 0.408 e. The number of nitrogens with one attached hydrogen (secondary N) is 3. The molecule has 3 saturated carbocycles. The maximum atomic E-state index is 14.9. The Morgan fingerprint density at radius 2 is 1.73 bits per heavy atom. The van der Waals surface area contributed by atoms with Crippen LogP contribution in [0.3, 0.4) is 0 Å². The quantitative estimate of drug-likeness (QED) is 0.144. The number of hydrogen-bond acceptors (Lipinski definition) is 12. The summed E-state index contributed by atoms with van der Waals surface area (Å²) in [6.45, 7) is 7.09. The number of halogens is 1. The van der Waals surface area contributed by atoms with Crippen molar-refractivity contribution in [2.24, 2.45) is 11.8 Å². The Morgan fingerprint density at radius 3 is 2.38 bits per heavy atom. The Bertz CT molecular complexity index is 2520. The average molecular weight is 850 g/mol. The van der Waals surface area contributed by atoms with E-state index in [-0.39, 0.29) is 42.2 Å². The lowest BCUT2D eigenvalue weighted by Gasteiger charge is -2.31. The third kappa shape index (κ3) is 7.65. The van der Waals surface area contributed by atoms with E-state index in [1.165, 1.54) is 43.4 Å². The average Bonchev–Trinajstić information content (AvgIpc) is 4.05. The minimum atomic E-state index is -3.96. The number of aromatic nitrogens is 1. The molecule has 4 amide bonds. The second kappa shape index (κ2) is 15.7. The fourth-order valence-corrected chi connectivity index (χ4v) is 9.76. The predicted octanol–water partition coefficient (Wildman–Crippen LogP) is 5.00. The molecule has 3 aliphatic carbocycles. The van der Waals surface area contributed by atoms with Gasteiger partial charge in [0.1, 0.15) is 46.7 Å². The highest BCUT2D eigenvalue weighted by atomic mass is 32.2. The number of nitrogens with zero attached hydrogens (tertiary/aromatic N) is 2. The van der Waals surface area contributed by atoms with Gasteiger partial charge in [0, 0.05) is 23.8 Å². The molecule has 0 unspecified atom stereocenters. The van der Waals surface area contributed by atoms with Crippen molar-refractivity contribution in [2.75, 3.05) is 20.8 Å². The summed E-state index contributed by atoms with van der Waals surface area (Å²) in [7, 11) is -0.978. The predicted molar refractivity (Wildman–Crippen MR) is 216 cm³/mol. The van der Waals surface area contributed by atoms with Crippen LogP contribution in [0.2, 0.25) is 0 Å². The number of methoxy groups -OCH3 is 2. The van der Waals surface area contributed by atoms with E-state index in [9.17, 15) is 32.0 Å². The molecule has 18 heteroatoms. The van der Waals surface area contributed by atoms with Crippen molar-refractivity contribution in [1.29, 1.82) is 0 Å². The smallest absolute Gasteiger partial charge is 0.408 e. The highest BCUT2D eigenvalue weighted by Gasteiger charge is 2.62. The fraction of sp³-hybridized carbons (Fsp3) is 0.500. The summed E-state index contributed by atoms with van der Waals surface area (Å²) in [5.41, 5.74) is -0.334. The standard InChI is InChI=1S/C42H48FN5O11S/c1-6-22-19-42(22,40(51)47-60(53,54)26-12-13-26)46-38(49)30-16-25(20-48(30)39(50)34(21(2)3)45-41(52)58-24-9-7-8-10-24)57-36-27-15-23(43)11-14-29(27)44-35-28-17-32(55-4)33(56-5)18-31(28)59-37(35)36/h6,11,14-15,17-18,21-22,24-26,30,34H,1,7-10,12-13,16,19-20H2,2-5H3,(H,45,52)(H,46,49)(H,47,51)/t22-,25-,30+,34+,42-/m1/s1. The number of rotatable bonds is 14. The van der Waals surface area contributed by atoms with Gasteiger partial charge in [-0.1, -0.05) is 19.9 Å². The third-order valence-electron chi connectivity index (χ3n) is 12.0. The lowest BCUT2D eigenvalue weighted by atomic mass is 10.0. The zero-order chi connectivity index (χ0) is 42.7. The van der Waals surface area contributed by atoms with E-state index < -0.39 is 80.5 Å². The second-order valence-electron chi connectivity index (χ2n) is 16.4. The van der Waals surface area contributed by atoms with Gasteiger partial charge in [-0.05, 0) is 75.1 Å². The van der Waals surface area contributed by atoms with Gasteiger partial charge in [0.15, 0.2) is 22.8 Å². The zero-order valence-electron chi connectivity index (χ0n) is 33.7. The van der Waals surface area contributed by atoms with Crippen molar-refractivity contribution in [1.82, 2.24) is 25.2 Å². The van der Waals surface area contributed by atoms with Crippen LogP contribution >= 0.6 is 0 Å². The summed E-state index contributed by atoms with van der Waals surface area (Å²) in [5, 5.41) is 5.63. The van der Waals surface area contributed by atoms with Crippen LogP contribution in [-0.4, -0.2) is 98.0 Å². The fourth-order valence-electron chi connectivity index (χ4n) is 8.39. The summed E-state index contributed by atoms with van der Waals surface area (Å²) >= 11 is 0. The molecule has 0 radical (unpaired) electrons. The summed E-state index contributed by atoms with van der Waals surface area (Å²) in [6, 6.07) is 4.96. The molecule has 60 heavy (non-hydrogen) atoms. The molecule has 320 valence electrons. The molecule has 4 aliphatic rings. The lowest BCUT2D eigenvalue weighted by molar-refractivity contribution is -0.141. The van der Waals surface area contributed by atoms with Crippen molar-refractivity contribution >= 4 is 66.8 Å². The lowest BCUT2D eigenvalue weighted by Crippen LogP contribution is -2.59. The van der Waals surface area contributed by atoms with Gasteiger partial charge in [-0.25, -0.2) is 22.6 Å². The van der Waals surface area contributed by atoms with E-state index in [1.807, 2.05) is 0 Å². The van der Waals surface area contributed by atoms with Crippen LogP contribution in [0.25, 0.3) is 33.0 Å². The molecule has 1 aliphatic heterocycles. The molecular weight excluding hydrogens is 802 g/mol. The number of ether oxygens (including phenoxy) is 4. The number of pyridine rings is 1. The topological polar surface area (TPSA) is 205 Å². The first-order valence-corrected chi connectivity index (χ1v) is 21.7. The summed E-state index contributed by atoms with van der Waals surface area (Å²) in [5.74, 6) is -2.93. The molecule has 3 N–H and O–H groups in total. The highest BCUT2D eigenvalue weighted by Crippen LogP contribution is 2.46. The summed E-state index contributed by atoms with van der Waals surface area (Å²) < 4.78 is 72.3. The van der Waals surface area contributed by atoms with Crippen LogP contribution in [0.4, 0.5) is 9.18 Å². The number of fused-ring (bicyclic) bond motifs is 4. The molecule has 8 rings (SSSR count). The minimum Gasteiger partial charge on any atom is -0.493 e. The van der Waals surface area contributed by atoms with Gasteiger partial charge in [-0.15, -0.1) is 6.58 Å². The Hall–Kier alpha value is -5.65. The number of sulfonamides is 1. The third-order valence-corrected chi connectivity index (χ3v) is 13.8. The van der Waals surface area contributed by atoms with Gasteiger partial charge < -0.3 is 38.9 Å². The number of alkyl carbamates (subject to hydrolysis) is 1. The number of furan rings is 1. The molecular formula is C42H48FN5O11S. The Labute approximate surface area is 345 Å². The molecule has 4 aromatic rings. The number of carbonyl (C=O) groups excluding carboxylic acids is 4. The van der Waals surface area contributed by atoms with Crippen LogP contribution in [0, 0.1) is 17.7 Å². The van der Waals surface area contributed by atoms with Crippen LogP contribution < -0.4 is 29.6 Å². The molecule has 0 bridgehead atoms. The van der Waals surface area contributed by atoms with Gasteiger partial charge in [0.05, 0.1) is 36.9 Å². The van der Waals surface area contributed by atoms with Gasteiger partial charge in [-0.2, -0.15) is 0 Å². The van der Waals surface area contributed by atoms with Crippen molar-refractivity contribution in [3.63, 3.8) is 0 Å². The number of amides is 4.